The van der Waals surface area contributed by atoms with Gasteiger partial charge in [0.05, 0.1) is 12.2 Å². The van der Waals surface area contributed by atoms with E-state index >= 15 is 0 Å². The Morgan fingerprint density at radius 3 is 2.70 bits per heavy atom. The van der Waals surface area contributed by atoms with Crippen LogP contribution in [-0.4, -0.2) is 17.7 Å². The number of benzene rings is 2. The number of aromatic nitrogens is 1. The molecule has 1 aromatic heterocycles. The molecule has 0 spiro atoms. The molecule has 0 aliphatic heterocycles. The predicted octanol–water partition coefficient (Wildman–Crippen LogP) is 4.62. The predicted molar refractivity (Wildman–Crippen MR) is 98.4 cm³/mol. The van der Waals surface area contributed by atoms with Crippen molar-refractivity contribution >= 4 is 17.6 Å². The molecular formula is C20H15ClN2O4. The minimum absolute atomic E-state index is 0.0772. The van der Waals surface area contributed by atoms with E-state index < -0.39 is 5.97 Å². The van der Waals surface area contributed by atoms with Crippen LogP contribution >= 0.6 is 11.6 Å². The Balaban J connectivity index is 1.77. The van der Waals surface area contributed by atoms with Crippen LogP contribution in [0.5, 0.6) is 5.75 Å². The first-order valence-corrected chi connectivity index (χ1v) is 8.54. The Bertz CT molecular complexity index is 990. The molecule has 0 radical (unpaired) electrons. The number of rotatable bonds is 6. The van der Waals surface area contributed by atoms with Crippen molar-refractivity contribution in [2.75, 3.05) is 6.61 Å². The first kappa shape index (κ1) is 18.5. The fourth-order valence-electron chi connectivity index (χ4n) is 2.35. The number of ether oxygens (including phenoxy) is 2. The summed E-state index contributed by atoms with van der Waals surface area (Å²) in [5.74, 6) is 0.246. The molecule has 0 N–H and O–H groups in total. The van der Waals surface area contributed by atoms with E-state index in [4.69, 9.17) is 25.6 Å². The van der Waals surface area contributed by atoms with E-state index in [9.17, 15) is 10.1 Å². The number of hydrogen-bond acceptors (Lipinski definition) is 6. The van der Waals surface area contributed by atoms with Gasteiger partial charge in [0, 0.05) is 16.7 Å². The van der Waals surface area contributed by atoms with Crippen LogP contribution in [-0.2, 0) is 11.3 Å². The highest BCUT2D eigenvalue weighted by atomic mass is 35.5. The number of carbonyl (C=O) groups is 1. The Hall–Kier alpha value is -3.30. The van der Waals surface area contributed by atoms with E-state index in [2.05, 4.69) is 11.2 Å². The minimum atomic E-state index is -0.559. The monoisotopic (exact) mass is 382 g/mol. The van der Waals surface area contributed by atoms with Crippen LogP contribution in [0.4, 0.5) is 0 Å². The molecule has 0 fully saturated rings. The number of halogens is 1. The average molecular weight is 383 g/mol. The Morgan fingerprint density at radius 2 is 2.00 bits per heavy atom. The van der Waals surface area contributed by atoms with Crippen molar-refractivity contribution in [3.05, 3.63) is 70.4 Å². The molecule has 7 heteroatoms. The zero-order chi connectivity index (χ0) is 19.2. The molecule has 0 atom stereocenters. The van der Waals surface area contributed by atoms with E-state index in [1.54, 1.807) is 37.3 Å². The maximum atomic E-state index is 11.7. The summed E-state index contributed by atoms with van der Waals surface area (Å²) in [5.41, 5.74) is 1.96. The van der Waals surface area contributed by atoms with Crippen molar-refractivity contribution in [3.8, 4) is 23.1 Å². The molecule has 6 nitrogen and oxygen atoms in total. The quantitative estimate of drug-likeness (QED) is 0.578. The van der Waals surface area contributed by atoms with Crippen LogP contribution in [0, 0.1) is 11.3 Å². The summed E-state index contributed by atoms with van der Waals surface area (Å²) in [6.07, 6.45) is 0. The molecule has 0 amide bonds. The van der Waals surface area contributed by atoms with Gasteiger partial charge in [-0.3, -0.25) is 0 Å². The van der Waals surface area contributed by atoms with Crippen molar-refractivity contribution < 1.29 is 18.8 Å². The van der Waals surface area contributed by atoms with E-state index in [0.717, 1.165) is 5.56 Å². The zero-order valence-electron chi connectivity index (χ0n) is 14.4. The van der Waals surface area contributed by atoms with Gasteiger partial charge in [-0.15, -0.1) is 0 Å². The van der Waals surface area contributed by atoms with Gasteiger partial charge >= 0.3 is 5.97 Å². The SMILES string of the molecule is CCOC(=O)c1cc(-c2ccc(OCc3ccc(Cl)cc3)c(C#N)c2)on1. The van der Waals surface area contributed by atoms with Gasteiger partial charge in [0.25, 0.3) is 0 Å². The summed E-state index contributed by atoms with van der Waals surface area (Å²) >= 11 is 5.86. The van der Waals surface area contributed by atoms with Gasteiger partial charge in [0.15, 0.2) is 11.5 Å². The molecule has 0 aliphatic rings. The average Bonchev–Trinajstić information content (AvgIpc) is 3.18. The number of nitriles is 1. The van der Waals surface area contributed by atoms with Crippen molar-refractivity contribution in [3.63, 3.8) is 0 Å². The molecule has 27 heavy (non-hydrogen) atoms. The third-order valence-corrected chi connectivity index (χ3v) is 3.94. The lowest BCUT2D eigenvalue weighted by molar-refractivity contribution is 0.0514. The Labute approximate surface area is 160 Å². The van der Waals surface area contributed by atoms with E-state index in [-0.39, 0.29) is 12.3 Å². The minimum Gasteiger partial charge on any atom is -0.488 e. The van der Waals surface area contributed by atoms with Gasteiger partial charge in [-0.1, -0.05) is 28.9 Å². The third kappa shape index (κ3) is 4.46. The van der Waals surface area contributed by atoms with E-state index in [1.807, 2.05) is 12.1 Å². The molecular weight excluding hydrogens is 368 g/mol. The molecule has 3 aromatic rings. The molecule has 0 bridgehead atoms. The highest BCUT2D eigenvalue weighted by molar-refractivity contribution is 6.30. The second kappa shape index (κ2) is 8.39. The van der Waals surface area contributed by atoms with Crippen LogP contribution in [0.1, 0.15) is 28.5 Å². The highest BCUT2D eigenvalue weighted by Crippen LogP contribution is 2.27. The third-order valence-electron chi connectivity index (χ3n) is 3.69. The van der Waals surface area contributed by atoms with Crippen LogP contribution in [0.2, 0.25) is 5.02 Å². The van der Waals surface area contributed by atoms with Gasteiger partial charge < -0.3 is 14.0 Å². The molecule has 1 heterocycles. The van der Waals surface area contributed by atoms with Gasteiger partial charge in [-0.2, -0.15) is 5.26 Å². The van der Waals surface area contributed by atoms with E-state index in [1.165, 1.54) is 6.07 Å². The number of hydrogen-bond donors (Lipinski definition) is 0. The standard InChI is InChI=1S/C20H15ClN2O4/c1-2-25-20(24)17-10-19(27-23-17)14-5-8-18(15(9-14)11-22)26-12-13-3-6-16(21)7-4-13/h3-10H,2,12H2,1H3. The van der Waals surface area contributed by atoms with Crippen LogP contribution < -0.4 is 4.74 Å². The van der Waals surface area contributed by atoms with Crippen LogP contribution in [0.3, 0.4) is 0 Å². The van der Waals surface area contributed by atoms with Crippen molar-refractivity contribution in [1.29, 1.82) is 5.26 Å². The number of esters is 1. The van der Waals surface area contributed by atoms with Gasteiger partial charge in [-0.05, 0) is 42.8 Å². The fraction of sp³-hybridized carbons (Fsp3) is 0.150. The second-order valence-corrected chi connectivity index (χ2v) is 5.97. The fourth-order valence-corrected chi connectivity index (χ4v) is 2.48. The number of nitrogens with zero attached hydrogens (tertiary/aromatic N) is 2. The molecule has 0 unspecified atom stereocenters. The Kier molecular flexibility index (Phi) is 5.74. The van der Waals surface area contributed by atoms with Crippen LogP contribution in [0.15, 0.2) is 53.1 Å². The second-order valence-electron chi connectivity index (χ2n) is 5.53. The largest absolute Gasteiger partial charge is 0.488 e. The summed E-state index contributed by atoms with van der Waals surface area (Å²) in [5, 5.41) is 13.8. The molecule has 0 saturated carbocycles. The molecule has 3 rings (SSSR count). The molecule has 0 aliphatic carbocycles. The Morgan fingerprint density at radius 1 is 1.22 bits per heavy atom. The van der Waals surface area contributed by atoms with Crippen molar-refractivity contribution in [2.45, 2.75) is 13.5 Å². The lowest BCUT2D eigenvalue weighted by Crippen LogP contribution is -2.04. The topological polar surface area (TPSA) is 85.4 Å². The van der Waals surface area contributed by atoms with Gasteiger partial charge in [0.2, 0.25) is 0 Å². The maximum absolute atomic E-state index is 11.7. The lowest BCUT2D eigenvalue weighted by atomic mass is 10.1. The summed E-state index contributed by atoms with van der Waals surface area (Å²) in [7, 11) is 0. The number of carbonyl (C=O) groups excluding carboxylic acids is 1. The smallest absolute Gasteiger partial charge is 0.360 e. The molecule has 2 aromatic carbocycles. The van der Waals surface area contributed by atoms with Crippen molar-refractivity contribution in [2.24, 2.45) is 0 Å². The summed E-state index contributed by atoms with van der Waals surface area (Å²) in [4.78, 5) is 11.7. The lowest BCUT2D eigenvalue weighted by Gasteiger charge is -2.09. The summed E-state index contributed by atoms with van der Waals surface area (Å²) in [6.45, 7) is 2.26. The molecule has 136 valence electrons. The summed E-state index contributed by atoms with van der Waals surface area (Å²) < 4.78 is 15.8. The first-order valence-electron chi connectivity index (χ1n) is 8.16. The van der Waals surface area contributed by atoms with Gasteiger partial charge in [-0.25, -0.2) is 4.79 Å². The van der Waals surface area contributed by atoms with E-state index in [0.29, 0.717) is 34.3 Å². The maximum Gasteiger partial charge on any atom is 0.360 e. The first-order chi connectivity index (χ1) is 13.1. The normalized spacial score (nSPS) is 10.3. The summed E-state index contributed by atoms with van der Waals surface area (Å²) in [6, 6.07) is 15.9. The van der Waals surface area contributed by atoms with Crippen LogP contribution in [0.25, 0.3) is 11.3 Å². The highest BCUT2D eigenvalue weighted by Gasteiger charge is 2.16. The zero-order valence-corrected chi connectivity index (χ0v) is 15.2. The van der Waals surface area contributed by atoms with Crippen molar-refractivity contribution in [1.82, 2.24) is 5.16 Å². The van der Waals surface area contributed by atoms with Gasteiger partial charge in [0.1, 0.15) is 18.4 Å². The molecule has 0 saturated heterocycles.